The van der Waals surface area contributed by atoms with Crippen molar-refractivity contribution in [3.63, 3.8) is 0 Å². The first kappa shape index (κ1) is 19.1. The van der Waals surface area contributed by atoms with E-state index in [0.717, 1.165) is 23.4 Å². The van der Waals surface area contributed by atoms with E-state index in [0.29, 0.717) is 25.8 Å². The van der Waals surface area contributed by atoms with Gasteiger partial charge in [0.1, 0.15) is 0 Å². The first-order valence-electron chi connectivity index (χ1n) is 9.40. The molecule has 2 aromatic rings. The second-order valence-corrected chi connectivity index (χ2v) is 7.37. The molecule has 5 nitrogen and oxygen atoms in total. The topological polar surface area (TPSA) is 61.4 Å². The van der Waals surface area contributed by atoms with E-state index in [9.17, 15) is 9.59 Å². The van der Waals surface area contributed by atoms with Crippen LogP contribution in [0.1, 0.15) is 29.5 Å². The molecule has 2 aromatic carbocycles. The van der Waals surface area contributed by atoms with Crippen molar-refractivity contribution in [2.45, 2.75) is 32.4 Å². The molecular weight excluding hydrogens is 338 g/mol. The van der Waals surface area contributed by atoms with Gasteiger partial charge in [-0.1, -0.05) is 42.5 Å². The molecule has 0 fully saturated rings. The summed E-state index contributed by atoms with van der Waals surface area (Å²) < 4.78 is 0. The van der Waals surface area contributed by atoms with Crippen LogP contribution >= 0.6 is 0 Å². The highest BCUT2D eigenvalue weighted by atomic mass is 16.2. The molecule has 0 spiro atoms. The van der Waals surface area contributed by atoms with Crippen LogP contribution in [0.25, 0.3) is 0 Å². The summed E-state index contributed by atoms with van der Waals surface area (Å²) in [6.45, 7) is 1.36. The summed E-state index contributed by atoms with van der Waals surface area (Å²) in [5.41, 5.74) is 4.37. The summed E-state index contributed by atoms with van der Waals surface area (Å²) in [6, 6.07) is 16.0. The molecule has 5 heteroatoms. The molecule has 3 rings (SSSR count). The van der Waals surface area contributed by atoms with Gasteiger partial charge >= 0.3 is 0 Å². The first-order chi connectivity index (χ1) is 13.0. The van der Waals surface area contributed by atoms with Crippen molar-refractivity contribution in [3.05, 3.63) is 65.2 Å². The van der Waals surface area contributed by atoms with E-state index in [4.69, 9.17) is 0 Å². The lowest BCUT2D eigenvalue weighted by Crippen LogP contribution is -2.31. The van der Waals surface area contributed by atoms with Crippen LogP contribution < -0.4 is 10.6 Å². The SMILES string of the molecule is CN(C)Cc1ccccc1CNC(=O)CC[C@H]1Cc2ccccc2NC1=O. The number of fused-ring (bicyclic) bond motifs is 1. The Kier molecular flexibility index (Phi) is 6.24. The maximum Gasteiger partial charge on any atom is 0.227 e. The number of hydrogen-bond acceptors (Lipinski definition) is 3. The molecule has 2 amide bonds. The minimum atomic E-state index is -0.147. The highest BCUT2D eigenvalue weighted by Crippen LogP contribution is 2.27. The third-order valence-corrected chi connectivity index (χ3v) is 4.91. The number of para-hydroxylation sites is 1. The molecule has 0 bridgehead atoms. The van der Waals surface area contributed by atoms with Gasteiger partial charge in [0.15, 0.2) is 0 Å². The lowest BCUT2D eigenvalue weighted by Gasteiger charge is -2.24. The average molecular weight is 365 g/mol. The molecule has 27 heavy (non-hydrogen) atoms. The molecule has 0 saturated carbocycles. The smallest absolute Gasteiger partial charge is 0.227 e. The van der Waals surface area contributed by atoms with Gasteiger partial charge < -0.3 is 15.5 Å². The van der Waals surface area contributed by atoms with E-state index < -0.39 is 0 Å². The molecule has 2 N–H and O–H groups in total. The maximum atomic E-state index is 12.3. The number of nitrogens with zero attached hydrogens (tertiary/aromatic N) is 1. The Morgan fingerprint density at radius 3 is 2.59 bits per heavy atom. The molecule has 0 radical (unpaired) electrons. The molecule has 1 heterocycles. The summed E-state index contributed by atoms with van der Waals surface area (Å²) >= 11 is 0. The number of carbonyl (C=O) groups is 2. The van der Waals surface area contributed by atoms with Crippen molar-refractivity contribution in [2.75, 3.05) is 19.4 Å². The number of hydrogen-bond donors (Lipinski definition) is 2. The zero-order chi connectivity index (χ0) is 19.2. The van der Waals surface area contributed by atoms with Gasteiger partial charge in [0.2, 0.25) is 11.8 Å². The zero-order valence-corrected chi connectivity index (χ0v) is 16.0. The molecule has 0 saturated heterocycles. The third kappa shape index (κ3) is 5.17. The summed E-state index contributed by atoms with van der Waals surface area (Å²) in [5.74, 6) is -0.147. The van der Waals surface area contributed by atoms with E-state index in [2.05, 4.69) is 21.6 Å². The Balaban J connectivity index is 1.50. The molecular formula is C22H27N3O2. The van der Waals surface area contributed by atoms with Crippen molar-refractivity contribution in [1.82, 2.24) is 10.2 Å². The molecule has 0 aromatic heterocycles. The zero-order valence-electron chi connectivity index (χ0n) is 16.0. The molecule has 0 aliphatic carbocycles. The van der Waals surface area contributed by atoms with E-state index in [1.807, 2.05) is 56.6 Å². The minimum absolute atomic E-state index is 0.0119. The minimum Gasteiger partial charge on any atom is -0.352 e. The van der Waals surface area contributed by atoms with Crippen molar-refractivity contribution < 1.29 is 9.59 Å². The lowest BCUT2D eigenvalue weighted by atomic mass is 9.89. The second kappa shape index (κ2) is 8.82. The number of carbonyl (C=O) groups excluding carboxylic acids is 2. The van der Waals surface area contributed by atoms with Gasteiger partial charge in [-0.3, -0.25) is 9.59 Å². The fourth-order valence-corrected chi connectivity index (χ4v) is 3.46. The predicted octanol–water partition coefficient (Wildman–Crippen LogP) is 2.96. The van der Waals surface area contributed by atoms with E-state index in [-0.39, 0.29) is 17.7 Å². The van der Waals surface area contributed by atoms with Crippen molar-refractivity contribution in [3.8, 4) is 0 Å². The van der Waals surface area contributed by atoms with Gasteiger partial charge in [0, 0.05) is 31.1 Å². The lowest BCUT2D eigenvalue weighted by molar-refractivity contribution is -0.122. The van der Waals surface area contributed by atoms with Gasteiger partial charge in [0.05, 0.1) is 0 Å². The van der Waals surface area contributed by atoms with Crippen LogP contribution in [-0.2, 0) is 29.1 Å². The number of amides is 2. The highest BCUT2D eigenvalue weighted by molar-refractivity contribution is 5.96. The van der Waals surface area contributed by atoms with E-state index >= 15 is 0 Å². The Labute approximate surface area is 160 Å². The van der Waals surface area contributed by atoms with Crippen LogP contribution in [0.4, 0.5) is 5.69 Å². The molecule has 1 atom stereocenters. The van der Waals surface area contributed by atoms with Gasteiger partial charge in [0.25, 0.3) is 0 Å². The van der Waals surface area contributed by atoms with Crippen LogP contribution in [0.3, 0.4) is 0 Å². The Morgan fingerprint density at radius 2 is 1.81 bits per heavy atom. The van der Waals surface area contributed by atoms with Crippen LogP contribution in [0.2, 0.25) is 0 Å². The standard InChI is InChI=1S/C22H27N3O2/c1-25(2)15-19-9-4-3-8-18(19)14-23-21(26)12-11-17-13-16-7-5-6-10-20(16)24-22(17)27/h3-10,17H,11-15H2,1-2H3,(H,23,26)(H,24,27)/t17-/m0/s1. The van der Waals surface area contributed by atoms with E-state index in [1.165, 1.54) is 5.56 Å². The average Bonchev–Trinajstić information content (AvgIpc) is 2.65. The normalized spacial score (nSPS) is 16.0. The quantitative estimate of drug-likeness (QED) is 0.793. The fraction of sp³-hybridized carbons (Fsp3) is 0.364. The van der Waals surface area contributed by atoms with Crippen LogP contribution in [0, 0.1) is 5.92 Å². The molecule has 1 aliphatic heterocycles. The number of anilines is 1. The summed E-state index contributed by atoms with van der Waals surface area (Å²) in [4.78, 5) is 26.7. The number of nitrogens with one attached hydrogen (secondary N) is 2. The predicted molar refractivity (Wildman–Crippen MR) is 107 cm³/mol. The van der Waals surface area contributed by atoms with Crippen LogP contribution in [0.15, 0.2) is 48.5 Å². The Morgan fingerprint density at radius 1 is 1.11 bits per heavy atom. The first-order valence-corrected chi connectivity index (χ1v) is 9.40. The summed E-state index contributed by atoms with van der Waals surface area (Å²) in [6.07, 6.45) is 1.61. The Bertz CT molecular complexity index is 817. The monoisotopic (exact) mass is 365 g/mol. The molecule has 1 aliphatic rings. The van der Waals surface area contributed by atoms with Crippen LogP contribution in [0.5, 0.6) is 0 Å². The Hall–Kier alpha value is -2.66. The van der Waals surface area contributed by atoms with Gasteiger partial charge in [-0.05, 0) is 49.7 Å². The third-order valence-electron chi connectivity index (χ3n) is 4.91. The molecule has 0 unspecified atom stereocenters. The van der Waals surface area contributed by atoms with Gasteiger partial charge in [-0.15, -0.1) is 0 Å². The van der Waals surface area contributed by atoms with Crippen molar-refractivity contribution in [1.29, 1.82) is 0 Å². The van der Waals surface area contributed by atoms with Crippen molar-refractivity contribution in [2.24, 2.45) is 5.92 Å². The van der Waals surface area contributed by atoms with Crippen molar-refractivity contribution >= 4 is 17.5 Å². The maximum absolute atomic E-state index is 12.3. The fourth-order valence-electron chi connectivity index (χ4n) is 3.46. The summed E-state index contributed by atoms with van der Waals surface area (Å²) in [5, 5.41) is 5.94. The van der Waals surface area contributed by atoms with E-state index in [1.54, 1.807) is 0 Å². The highest BCUT2D eigenvalue weighted by Gasteiger charge is 2.26. The molecule has 142 valence electrons. The van der Waals surface area contributed by atoms with Crippen LogP contribution in [-0.4, -0.2) is 30.8 Å². The van der Waals surface area contributed by atoms with Gasteiger partial charge in [-0.2, -0.15) is 0 Å². The number of rotatable bonds is 7. The number of benzene rings is 2. The second-order valence-electron chi connectivity index (χ2n) is 7.37. The summed E-state index contributed by atoms with van der Waals surface area (Å²) in [7, 11) is 4.06. The largest absolute Gasteiger partial charge is 0.352 e. The van der Waals surface area contributed by atoms with Gasteiger partial charge in [-0.25, -0.2) is 0 Å².